The summed E-state index contributed by atoms with van der Waals surface area (Å²) in [6.45, 7) is 1.97. The maximum Gasteiger partial charge on any atom is 0.294 e. The number of nitrogens with one attached hydrogen (secondary N) is 2. The minimum absolute atomic E-state index is 0.0255. The molecule has 4 rings (SSSR count). The highest BCUT2D eigenvalue weighted by atomic mass is 32.2. The van der Waals surface area contributed by atoms with Crippen molar-refractivity contribution in [2.75, 3.05) is 28.2 Å². The molecule has 2 aliphatic heterocycles. The zero-order valence-corrected chi connectivity index (χ0v) is 23.0. The van der Waals surface area contributed by atoms with Gasteiger partial charge in [-0.2, -0.15) is 0 Å². The van der Waals surface area contributed by atoms with E-state index in [1.807, 2.05) is 6.92 Å². The Balaban J connectivity index is 1.65. The number of carbonyl (C=O) groups excluding carboxylic acids is 4. The molecule has 0 radical (unpaired) electrons. The van der Waals surface area contributed by atoms with Crippen LogP contribution in [0.5, 0.6) is 0 Å². The molecule has 2 fully saturated rings. The standard InChI is InChI=1S/C27H33FN5O4S/c1-15-13-27(11-10-18(15)25(36)31(2)3)32(4)26(37)21-23(35)22(34)19(14-33(21,27)5)24(30)38-20(29)12-16-6-8-17(28)9-7-16/h6-9,14-15,18,21,29-30H,10-13H2,1-5H3/q+1. The molecule has 202 valence electrons. The fraction of sp³-hybridized carbons (Fsp3) is 0.481. The van der Waals surface area contributed by atoms with E-state index >= 15 is 0 Å². The quantitative estimate of drug-likeness (QED) is 0.199. The fourth-order valence-corrected chi connectivity index (χ4v) is 7.09. The van der Waals surface area contributed by atoms with Crippen LogP contribution in [0.15, 0.2) is 36.0 Å². The monoisotopic (exact) mass is 542 g/mol. The maximum absolute atomic E-state index is 13.4. The molecule has 1 aromatic carbocycles. The summed E-state index contributed by atoms with van der Waals surface area (Å²) < 4.78 is 13.0. The van der Waals surface area contributed by atoms with Crippen LogP contribution in [-0.2, 0) is 25.6 Å². The highest BCUT2D eigenvalue weighted by Gasteiger charge is 2.71. The zero-order valence-electron chi connectivity index (χ0n) is 22.2. The first-order chi connectivity index (χ1) is 17.7. The number of rotatable bonds is 4. The molecule has 11 heteroatoms. The summed E-state index contributed by atoms with van der Waals surface area (Å²) in [4.78, 5) is 55.8. The number of amides is 2. The molecule has 2 amide bonds. The molecule has 0 aromatic heterocycles. The highest BCUT2D eigenvalue weighted by molar-refractivity contribution is 8.26. The predicted octanol–water partition coefficient (Wildman–Crippen LogP) is 2.60. The number of hydrogen-bond donors (Lipinski definition) is 2. The van der Waals surface area contributed by atoms with Gasteiger partial charge in [-0.15, -0.1) is 0 Å². The lowest BCUT2D eigenvalue weighted by Gasteiger charge is -2.52. The van der Waals surface area contributed by atoms with E-state index in [9.17, 15) is 23.6 Å². The van der Waals surface area contributed by atoms with Gasteiger partial charge in [0.2, 0.25) is 17.7 Å². The molecule has 1 aromatic rings. The van der Waals surface area contributed by atoms with Crippen molar-refractivity contribution in [1.82, 2.24) is 9.80 Å². The molecular weight excluding hydrogens is 509 g/mol. The normalized spacial score (nSPS) is 30.8. The number of quaternary nitrogens is 1. The third kappa shape index (κ3) is 4.31. The van der Waals surface area contributed by atoms with Gasteiger partial charge >= 0.3 is 0 Å². The number of thioether (sulfide) groups is 1. The number of ketones is 2. The van der Waals surface area contributed by atoms with E-state index in [4.69, 9.17) is 10.8 Å². The summed E-state index contributed by atoms with van der Waals surface area (Å²) in [5.41, 5.74) is -0.290. The first kappa shape index (κ1) is 27.8. The van der Waals surface area contributed by atoms with Crippen molar-refractivity contribution in [3.8, 4) is 0 Å². The smallest absolute Gasteiger partial charge is 0.294 e. The van der Waals surface area contributed by atoms with Gasteiger partial charge in [-0.3, -0.25) is 39.4 Å². The van der Waals surface area contributed by atoms with Crippen LogP contribution in [0.4, 0.5) is 4.39 Å². The molecule has 5 unspecified atom stereocenters. The number of benzene rings is 1. The van der Waals surface area contributed by atoms with Crippen LogP contribution in [0.25, 0.3) is 0 Å². The van der Waals surface area contributed by atoms with E-state index in [1.54, 1.807) is 56.3 Å². The molecule has 38 heavy (non-hydrogen) atoms. The minimum Gasteiger partial charge on any atom is -0.349 e. The second-order valence-corrected chi connectivity index (χ2v) is 12.0. The Morgan fingerprint density at radius 1 is 1.21 bits per heavy atom. The van der Waals surface area contributed by atoms with Gasteiger partial charge in [-0.05, 0) is 30.0 Å². The highest BCUT2D eigenvalue weighted by Crippen LogP contribution is 2.52. The number of carbonyl (C=O) groups is 4. The predicted molar refractivity (Wildman–Crippen MR) is 142 cm³/mol. The van der Waals surface area contributed by atoms with Crippen molar-refractivity contribution in [3.63, 3.8) is 0 Å². The molecule has 3 aliphatic rings. The van der Waals surface area contributed by atoms with E-state index < -0.39 is 35.0 Å². The number of halogens is 1. The van der Waals surface area contributed by atoms with Gasteiger partial charge in [0.1, 0.15) is 22.6 Å². The van der Waals surface area contributed by atoms with E-state index in [2.05, 4.69) is 0 Å². The van der Waals surface area contributed by atoms with E-state index in [-0.39, 0.29) is 44.3 Å². The topological polar surface area (TPSA) is 122 Å². The molecule has 9 nitrogen and oxygen atoms in total. The minimum atomic E-state index is -1.24. The average Bonchev–Trinajstić information content (AvgIpc) is 3.00. The van der Waals surface area contributed by atoms with Crippen LogP contribution in [-0.4, -0.2) is 87.6 Å². The van der Waals surface area contributed by atoms with Crippen molar-refractivity contribution in [2.45, 2.75) is 44.3 Å². The molecule has 2 heterocycles. The lowest BCUT2D eigenvalue weighted by Crippen LogP contribution is -2.68. The molecule has 5 atom stereocenters. The molecule has 1 spiro atoms. The number of nitrogens with zero attached hydrogens (tertiary/aromatic N) is 3. The largest absolute Gasteiger partial charge is 0.349 e. The third-order valence-electron chi connectivity index (χ3n) is 8.43. The van der Waals surface area contributed by atoms with Gasteiger partial charge < -0.3 is 4.90 Å². The Labute approximate surface area is 225 Å². The number of fused-ring (bicyclic) bond motifs is 2. The van der Waals surface area contributed by atoms with Crippen LogP contribution < -0.4 is 0 Å². The molecular formula is C27H33FN5O4S+. The summed E-state index contributed by atoms with van der Waals surface area (Å²) in [6.07, 6.45) is 3.14. The Morgan fingerprint density at radius 3 is 2.42 bits per heavy atom. The van der Waals surface area contributed by atoms with Crippen molar-refractivity contribution >= 4 is 45.2 Å². The van der Waals surface area contributed by atoms with Gasteiger partial charge in [-0.1, -0.05) is 30.8 Å². The SMILES string of the molecule is CC1CC2(CCC1C(=O)N(C)C)N(C)C(=O)C1C(=O)C(=O)C(C(=N)SC(=N)Cc3ccc(F)cc3)=C[N+]12C. The first-order valence-electron chi connectivity index (χ1n) is 12.5. The summed E-state index contributed by atoms with van der Waals surface area (Å²) in [6, 6.07) is 4.44. The second-order valence-electron chi connectivity index (χ2n) is 10.9. The zero-order chi connectivity index (χ0) is 28.2. The van der Waals surface area contributed by atoms with Crippen LogP contribution >= 0.6 is 11.8 Å². The number of hydrogen-bond acceptors (Lipinski definition) is 7. The van der Waals surface area contributed by atoms with Crippen molar-refractivity contribution in [3.05, 3.63) is 47.4 Å². The van der Waals surface area contributed by atoms with Gasteiger partial charge in [0.05, 0.1) is 12.1 Å². The first-order valence-corrected chi connectivity index (χ1v) is 13.3. The fourth-order valence-electron chi connectivity index (χ4n) is 6.35. The van der Waals surface area contributed by atoms with Gasteiger partial charge in [0.15, 0.2) is 5.66 Å². The lowest BCUT2D eigenvalue weighted by molar-refractivity contribution is -0.922. The van der Waals surface area contributed by atoms with Crippen LogP contribution in [0.2, 0.25) is 0 Å². The Bertz CT molecular complexity index is 1280. The van der Waals surface area contributed by atoms with Crippen LogP contribution in [0.1, 0.15) is 31.7 Å². The van der Waals surface area contributed by atoms with E-state index in [1.165, 1.54) is 12.1 Å². The maximum atomic E-state index is 13.4. The lowest BCUT2D eigenvalue weighted by atomic mass is 9.72. The molecule has 1 aliphatic carbocycles. The molecule has 1 saturated carbocycles. The van der Waals surface area contributed by atoms with E-state index in [0.717, 1.165) is 11.8 Å². The van der Waals surface area contributed by atoms with Crippen LogP contribution in [0.3, 0.4) is 0 Å². The van der Waals surface area contributed by atoms with Crippen molar-refractivity contribution in [2.24, 2.45) is 11.8 Å². The van der Waals surface area contributed by atoms with Gasteiger partial charge in [0, 0.05) is 46.3 Å². The third-order valence-corrected chi connectivity index (χ3v) is 9.25. The van der Waals surface area contributed by atoms with Gasteiger partial charge in [-0.25, -0.2) is 4.39 Å². The van der Waals surface area contributed by atoms with E-state index in [0.29, 0.717) is 24.8 Å². The molecule has 2 N–H and O–H groups in total. The Kier molecular flexibility index (Phi) is 7.22. The average molecular weight is 543 g/mol. The molecule has 0 bridgehead atoms. The summed E-state index contributed by atoms with van der Waals surface area (Å²) in [7, 11) is 6.83. The molecule has 1 saturated heterocycles. The number of Topliss-reactive ketones (excluding diaryl/α,β-unsaturated/α-hetero) is 2. The Hall–Kier alpha value is -3.18. The Morgan fingerprint density at radius 2 is 1.84 bits per heavy atom. The van der Waals surface area contributed by atoms with Crippen molar-refractivity contribution in [1.29, 1.82) is 10.8 Å². The summed E-state index contributed by atoms with van der Waals surface area (Å²) >= 11 is 0.761. The number of likely N-dealkylation sites (N-methyl/N-ethyl adjacent to an activating group) is 2. The summed E-state index contributed by atoms with van der Waals surface area (Å²) in [5.74, 6) is -2.85. The van der Waals surface area contributed by atoms with Gasteiger partial charge in [0.25, 0.3) is 11.7 Å². The van der Waals surface area contributed by atoms with Crippen LogP contribution in [0, 0.1) is 28.5 Å². The van der Waals surface area contributed by atoms with Crippen molar-refractivity contribution < 1.29 is 28.1 Å². The summed E-state index contributed by atoms with van der Waals surface area (Å²) in [5, 5.41) is 16.8. The second kappa shape index (κ2) is 9.85.